The highest BCUT2D eigenvalue weighted by molar-refractivity contribution is 6.16. The summed E-state index contributed by atoms with van der Waals surface area (Å²) in [5.41, 5.74) is 2.41. The van der Waals surface area contributed by atoms with Gasteiger partial charge in [0, 0.05) is 29.5 Å². The molecule has 2 aliphatic heterocycles. The predicted molar refractivity (Wildman–Crippen MR) is 125 cm³/mol. The van der Waals surface area contributed by atoms with Crippen LogP contribution in [0.3, 0.4) is 0 Å². The van der Waals surface area contributed by atoms with Gasteiger partial charge < -0.3 is 15.5 Å². The quantitative estimate of drug-likeness (QED) is 0.543. The van der Waals surface area contributed by atoms with Crippen molar-refractivity contribution in [3.05, 3.63) is 65.1 Å². The van der Waals surface area contributed by atoms with Crippen LogP contribution in [0.4, 0.5) is 20.6 Å². The second kappa shape index (κ2) is 8.35. The van der Waals surface area contributed by atoms with Crippen molar-refractivity contribution in [1.29, 1.82) is 0 Å². The summed E-state index contributed by atoms with van der Waals surface area (Å²) in [6.07, 6.45) is 2.23. The highest BCUT2D eigenvalue weighted by atomic mass is 19.1. The lowest BCUT2D eigenvalue weighted by molar-refractivity contribution is -0.127. The number of hydrogen-bond donors (Lipinski definition) is 2. The standard InChI is InChI=1S/C25H27FN4O3/c1-15-13-25(2,3)29(4)21-12-19(26)16(10-18(15)21)11-20-23(32)30(24(33)28-20)14-22(31)27-17-8-6-5-7-9-17/h5-12,15H,13-14H2,1-4H3,(H,27,31)(H,28,33)/b20-11+. The number of nitrogens with zero attached hydrogens (tertiary/aromatic N) is 2. The van der Waals surface area contributed by atoms with Gasteiger partial charge in [-0.05, 0) is 62.1 Å². The van der Waals surface area contributed by atoms with E-state index in [4.69, 9.17) is 0 Å². The molecule has 2 aliphatic rings. The normalized spacial score (nSPS) is 20.6. The molecular formula is C25H27FN4O3. The summed E-state index contributed by atoms with van der Waals surface area (Å²) < 4.78 is 15.0. The second-order valence-electron chi connectivity index (χ2n) is 9.20. The summed E-state index contributed by atoms with van der Waals surface area (Å²) in [5.74, 6) is -1.46. The lowest BCUT2D eigenvalue weighted by Gasteiger charge is -2.45. The Morgan fingerprint density at radius 3 is 2.64 bits per heavy atom. The van der Waals surface area contributed by atoms with Crippen molar-refractivity contribution in [2.75, 3.05) is 23.8 Å². The Morgan fingerprint density at radius 1 is 1.24 bits per heavy atom. The number of hydrogen-bond acceptors (Lipinski definition) is 4. The topological polar surface area (TPSA) is 81.8 Å². The van der Waals surface area contributed by atoms with Gasteiger partial charge in [-0.2, -0.15) is 0 Å². The zero-order valence-corrected chi connectivity index (χ0v) is 19.1. The molecule has 33 heavy (non-hydrogen) atoms. The zero-order chi connectivity index (χ0) is 23.9. The molecule has 7 nitrogen and oxygen atoms in total. The Labute approximate surface area is 192 Å². The van der Waals surface area contributed by atoms with Crippen LogP contribution in [0.2, 0.25) is 0 Å². The van der Waals surface area contributed by atoms with Gasteiger partial charge in [-0.1, -0.05) is 25.1 Å². The predicted octanol–water partition coefficient (Wildman–Crippen LogP) is 4.08. The lowest BCUT2D eigenvalue weighted by atomic mass is 9.80. The molecule has 0 spiro atoms. The summed E-state index contributed by atoms with van der Waals surface area (Å²) in [5, 5.41) is 5.09. The van der Waals surface area contributed by atoms with Gasteiger partial charge in [-0.15, -0.1) is 0 Å². The number of benzene rings is 2. The molecule has 0 aliphatic carbocycles. The SMILES string of the molecule is CC1CC(C)(C)N(C)c2cc(F)c(/C=C3/NC(=O)N(CC(=O)Nc4ccccc4)C3=O)cc21. The molecule has 1 saturated heterocycles. The number of urea groups is 1. The first kappa shape index (κ1) is 22.5. The maximum absolute atomic E-state index is 15.0. The maximum Gasteiger partial charge on any atom is 0.329 e. The van der Waals surface area contributed by atoms with E-state index in [1.54, 1.807) is 30.3 Å². The molecule has 0 aromatic heterocycles. The van der Waals surface area contributed by atoms with Crippen LogP contribution in [0, 0.1) is 5.82 Å². The molecule has 0 saturated carbocycles. The number of para-hydroxylation sites is 1. The van der Waals surface area contributed by atoms with E-state index in [0.717, 1.165) is 22.6 Å². The minimum absolute atomic E-state index is 0.0662. The number of amides is 4. The molecule has 2 aromatic rings. The third kappa shape index (κ3) is 4.33. The van der Waals surface area contributed by atoms with E-state index >= 15 is 0 Å². The van der Waals surface area contributed by atoms with Crippen molar-refractivity contribution in [1.82, 2.24) is 10.2 Å². The Bertz CT molecular complexity index is 1160. The smallest absolute Gasteiger partial charge is 0.329 e. The minimum Gasteiger partial charge on any atom is -0.369 e. The molecule has 0 radical (unpaired) electrons. The van der Waals surface area contributed by atoms with Gasteiger partial charge in [-0.3, -0.25) is 9.59 Å². The molecule has 172 valence electrons. The average molecular weight is 451 g/mol. The molecule has 1 unspecified atom stereocenters. The van der Waals surface area contributed by atoms with Crippen LogP contribution in [0.5, 0.6) is 0 Å². The number of nitrogens with one attached hydrogen (secondary N) is 2. The van der Waals surface area contributed by atoms with Crippen LogP contribution >= 0.6 is 0 Å². The first-order chi connectivity index (χ1) is 15.6. The Morgan fingerprint density at radius 2 is 1.94 bits per heavy atom. The van der Waals surface area contributed by atoms with E-state index < -0.39 is 30.2 Å². The number of halogens is 1. The van der Waals surface area contributed by atoms with E-state index in [1.807, 2.05) is 13.1 Å². The van der Waals surface area contributed by atoms with Crippen molar-refractivity contribution >= 4 is 35.3 Å². The first-order valence-electron chi connectivity index (χ1n) is 10.8. The van der Waals surface area contributed by atoms with Crippen molar-refractivity contribution in [3.8, 4) is 0 Å². The van der Waals surface area contributed by atoms with Crippen LogP contribution < -0.4 is 15.5 Å². The van der Waals surface area contributed by atoms with Crippen molar-refractivity contribution in [2.24, 2.45) is 0 Å². The van der Waals surface area contributed by atoms with E-state index in [9.17, 15) is 18.8 Å². The van der Waals surface area contributed by atoms with Gasteiger partial charge in [0.25, 0.3) is 5.91 Å². The van der Waals surface area contributed by atoms with Crippen LogP contribution in [0.15, 0.2) is 48.2 Å². The van der Waals surface area contributed by atoms with Crippen LogP contribution in [-0.2, 0) is 9.59 Å². The fraction of sp³-hybridized carbons (Fsp3) is 0.320. The zero-order valence-electron chi connectivity index (χ0n) is 19.1. The average Bonchev–Trinajstić information content (AvgIpc) is 3.01. The maximum atomic E-state index is 15.0. The number of fused-ring (bicyclic) bond motifs is 1. The summed E-state index contributed by atoms with van der Waals surface area (Å²) in [6, 6.07) is 11.2. The molecule has 1 fully saturated rings. The molecular weight excluding hydrogens is 423 g/mol. The summed E-state index contributed by atoms with van der Waals surface area (Å²) >= 11 is 0. The molecule has 0 bridgehead atoms. The first-order valence-corrected chi connectivity index (χ1v) is 10.8. The third-order valence-corrected chi connectivity index (χ3v) is 6.37. The van der Waals surface area contributed by atoms with E-state index in [-0.39, 0.29) is 22.7 Å². The summed E-state index contributed by atoms with van der Waals surface area (Å²) in [7, 11) is 1.95. The van der Waals surface area contributed by atoms with Crippen LogP contribution in [-0.4, -0.2) is 41.9 Å². The monoisotopic (exact) mass is 450 g/mol. The second-order valence-corrected chi connectivity index (χ2v) is 9.20. The number of rotatable bonds is 4. The van der Waals surface area contributed by atoms with Crippen molar-refractivity contribution < 1.29 is 18.8 Å². The molecule has 2 aromatic carbocycles. The fourth-order valence-corrected chi connectivity index (χ4v) is 4.45. The molecule has 2 heterocycles. The Hall–Kier alpha value is -3.68. The van der Waals surface area contributed by atoms with Gasteiger partial charge >= 0.3 is 6.03 Å². The molecule has 2 N–H and O–H groups in total. The Kier molecular flexibility index (Phi) is 5.69. The molecule has 8 heteroatoms. The van der Waals surface area contributed by atoms with Gasteiger partial charge in [0.2, 0.25) is 5.91 Å². The van der Waals surface area contributed by atoms with E-state index in [0.29, 0.717) is 5.69 Å². The Balaban J connectivity index is 1.55. The van der Waals surface area contributed by atoms with Gasteiger partial charge in [0.1, 0.15) is 18.1 Å². The number of imide groups is 1. The highest BCUT2D eigenvalue weighted by Gasteiger charge is 2.37. The van der Waals surface area contributed by atoms with E-state index in [2.05, 4.69) is 36.3 Å². The fourth-order valence-electron chi connectivity index (χ4n) is 4.45. The number of anilines is 2. The molecule has 4 amide bonds. The summed E-state index contributed by atoms with van der Waals surface area (Å²) in [6.45, 7) is 5.89. The minimum atomic E-state index is -0.720. The summed E-state index contributed by atoms with van der Waals surface area (Å²) in [4.78, 5) is 40.3. The van der Waals surface area contributed by atoms with Crippen molar-refractivity contribution in [3.63, 3.8) is 0 Å². The lowest BCUT2D eigenvalue weighted by Crippen LogP contribution is -2.45. The molecule has 4 rings (SSSR count). The van der Waals surface area contributed by atoms with E-state index in [1.165, 1.54) is 12.1 Å². The van der Waals surface area contributed by atoms with Crippen LogP contribution in [0.1, 0.15) is 44.2 Å². The highest BCUT2D eigenvalue weighted by Crippen LogP contribution is 2.43. The van der Waals surface area contributed by atoms with Gasteiger partial charge in [-0.25, -0.2) is 14.1 Å². The molecule has 1 atom stereocenters. The third-order valence-electron chi connectivity index (χ3n) is 6.37. The van der Waals surface area contributed by atoms with Crippen molar-refractivity contribution in [2.45, 2.75) is 38.6 Å². The van der Waals surface area contributed by atoms with Crippen LogP contribution in [0.25, 0.3) is 6.08 Å². The van der Waals surface area contributed by atoms with Gasteiger partial charge in [0.15, 0.2) is 0 Å². The number of carbonyl (C=O) groups excluding carboxylic acids is 3. The number of carbonyl (C=O) groups is 3. The van der Waals surface area contributed by atoms with Gasteiger partial charge in [0.05, 0.1) is 0 Å². The largest absolute Gasteiger partial charge is 0.369 e.